The number of rotatable bonds is 9. The van der Waals surface area contributed by atoms with Gasteiger partial charge in [-0.1, -0.05) is 18.2 Å². The number of aryl methyl sites for hydroxylation is 1. The highest BCUT2D eigenvalue weighted by molar-refractivity contribution is 5.91. The molecule has 0 spiro atoms. The van der Waals surface area contributed by atoms with Gasteiger partial charge < -0.3 is 34.5 Å². The van der Waals surface area contributed by atoms with Gasteiger partial charge in [0.1, 0.15) is 17.2 Å². The van der Waals surface area contributed by atoms with Gasteiger partial charge in [0, 0.05) is 24.4 Å². The summed E-state index contributed by atoms with van der Waals surface area (Å²) in [5, 5.41) is 15.1. The molecule has 1 aromatic heterocycles. The van der Waals surface area contributed by atoms with Crippen molar-refractivity contribution in [1.29, 1.82) is 0 Å². The molecule has 0 saturated heterocycles. The van der Waals surface area contributed by atoms with Crippen molar-refractivity contribution < 1.29 is 42.1 Å². The molecule has 214 valence electrons. The topological polar surface area (TPSA) is 128 Å². The summed E-state index contributed by atoms with van der Waals surface area (Å²) in [7, 11) is 2.85. The van der Waals surface area contributed by atoms with E-state index in [1.54, 1.807) is 26.0 Å². The Morgan fingerprint density at radius 3 is 2.50 bits per heavy atom. The largest absolute Gasteiger partial charge is 0.573 e. The number of alkyl halides is 3. The summed E-state index contributed by atoms with van der Waals surface area (Å²) in [5.74, 6) is -1.22. The van der Waals surface area contributed by atoms with Crippen molar-refractivity contribution in [3.05, 3.63) is 70.1 Å². The van der Waals surface area contributed by atoms with Crippen LogP contribution in [0.25, 0.3) is 11.1 Å². The SMILES string of the molecule is CCOC(=O)CC(NC(=O)Nc1c(O)cc(C)n(C)c1=O)c1ccc(OC)c(-c2cccc(OC(F)(F)F)c2)c1. The van der Waals surface area contributed by atoms with Crippen molar-refractivity contribution in [3.63, 3.8) is 0 Å². The first-order valence-electron chi connectivity index (χ1n) is 12.0. The normalized spacial score (nSPS) is 11.9. The molecule has 0 aliphatic rings. The summed E-state index contributed by atoms with van der Waals surface area (Å²) >= 11 is 0. The van der Waals surface area contributed by atoms with Crippen LogP contribution in [0.4, 0.5) is 23.7 Å². The molecule has 3 N–H and O–H groups in total. The lowest BCUT2D eigenvalue weighted by Crippen LogP contribution is -2.36. The Morgan fingerprint density at radius 2 is 1.85 bits per heavy atom. The maximum absolute atomic E-state index is 12.9. The summed E-state index contributed by atoms with van der Waals surface area (Å²) in [5.41, 5.74) is 0.493. The third kappa shape index (κ3) is 7.46. The van der Waals surface area contributed by atoms with Gasteiger partial charge in [-0.15, -0.1) is 13.2 Å². The molecule has 0 bridgehead atoms. The lowest BCUT2D eigenvalue weighted by Gasteiger charge is -2.21. The number of hydrogen-bond acceptors (Lipinski definition) is 7. The predicted molar refractivity (Wildman–Crippen MR) is 139 cm³/mol. The van der Waals surface area contributed by atoms with E-state index in [0.29, 0.717) is 28.1 Å². The second-order valence-electron chi connectivity index (χ2n) is 8.61. The quantitative estimate of drug-likeness (QED) is 0.320. The summed E-state index contributed by atoms with van der Waals surface area (Å²) in [6, 6.07) is 9.27. The minimum Gasteiger partial charge on any atom is -0.505 e. The monoisotopic (exact) mass is 563 g/mol. The molecule has 2 amide bonds. The van der Waals surface area contributed by atoms with E-state index < -0.39 is 41.5 Å². The first-order valence-corrected chi connectivity index (χ1v) is 12.0. The molecule has 1 heterocycles. The van der Waals surface area contributed by atoms with E-state index in [1.165, 1.54) is 49.1 Å². The minimum absolute atomic E-state index is 0.0882. The predicted octanol–water partition coefficient (Wildman–Crippen LogP) is 4.79. The molecule has 0 radical (unpaired) electrons. The second-order valence-corrected chi connectivity index (χ2v) is 8.61. The molecule has 10 nitrogen and oxygen atoms in total. The number of urea groups is 1. The summed E-state index contributed by atoms with van der Waals surface area (Å²) < 4.78 is 54.0. The molecule has 0 aliphatic heterocycles. The number of pyridine rings is 1. The Hall–Kier alpha value is -4.68. The van der Waals surface area contributed by atoms with E-state index >= 15 is 0 Å². The fourth-order valence-electron chi connectivity index (χ4n) is 3.90. The highest BCUT2D eigenvalue weighted by atomic mass is 19.4. The fourth-order valence-corrected chi connectivity index (χ4v) is 3.90. The Kier molecular flexibility index (Phi) is 9.30. The number of ether oxygens (including phenoxy) is 3. The summed E-state index contributed by atoms with van der Waals surface area (Å²) in [6.45, 7) is 3.31. The number of carbonyl (C=O) groups is 2. The van der Waals surface area contributed by atoms with Crippen LogP contribution < -0.4 is 25.7 Å². The van der Waals surface area contributed by atoms with Gasteiger partial charge in [0.2, 0.25) is 0 Å². The van der Waals surface area contributed by atoms with E-state index in [4.69, 9.17) is 9.47 Å². The number of esters is 1. The Morgan fingerprint density at radius 1 is 1.12 bits per heavy atom. The van der Waals surface area contributed by atoms with E-state index in [1.807, 2.05) is 0 Å². The van der Waals surface area contributed by atoms with Crippen LogP contribution >= 0.6 is 0 Å². The van der Waals surface area contributed by atoms with Crippen molar-refractivity contribution in [3.8, 4) is 28.4 Å². The number of nitrogens with zero attached hydrogens (tertiary/aromatic N) is 1. The number of halogens is 3. The molecule has 0 saturated carbocycles. The van der Waals surface area contributed by atoms with Gasteiger partial charge in [-0.25, -0.2) is 4.79 Å². The van der Waals surface area contributed by atoms with Crippen molar-refractivity contribution in [2.75, 3.05) is 19.0 Å². The lowest BCUT2D eigenvalue weighted by atomic mass is 9.96. The number of carbonyl (C=O) groups excluding carboxylic acids is 2. The molecule has 1 unspecified atom stereocenters. The zero-order valence-corrected chi connectivity index (χ0v) is 22.1. The standard InChI is InChI=1S/C27H28F3N3O7/c1-5-39-23(35)14-20(31-26(37)32-24-21(34)11-15(2)33(3)25(24)36)17-9-10-22(38-4)19(13-17)16-7-6-8-18(12-16)40-27(28,29)30/h6-13,20,34H,5,14H2,1-4H3,(H2,31,32,37). The number of aromatic hydroxyl groups is 1. The Bertz CT molecular complexity index is 1450. The van der Waals surface area contributed by atoms with Crippen molar-refractivity contribution >= 4 is 17.7 Å². The number of hydrogen-bond donors (Lipinski definition) is 3. The third-order valence-electron chi connectivity index (χ3n) is 5.87. The molecular formula is C27H28F3N3O7. The van der Waals surface area contributed by atoms with E-state index in [9.17, 15) is 32.7 Å². The second kappa shape index (κ2) is 12.5. The minimum atomic E-state index is -4.89. The van der Waals surface area contributed by atoms with Crippen LogP contribution in [0.3, 0.4) is 0 Å². The highest BCUT2D eigenvalue weighted by Crippen LogP contribution is 2.36. The Balaban J connectivity index is 1.99. The molecule has 1 atom stereocenters. The van der Waals surface area contributed by atoms with E-state index in [0.717, 1.165) is 6.07 Å². The van der Waals surface area contributed by atoms with Crippen molar-refractivity contribution in [2.24, 2.45) is 7.05 Å². The zero-order chi connectivity index (χ0) is 29.6. The molecule has 40 heavy (non-hydrogen) atoms. The van der Waals surface area contributed by atoms with Crippen molar-refractivity contribution in [2.45, 2.75) is 32.7 Å². The van der Waals surface area contributed by atoms with E-state index in [-0.39, 0.29) is 18.7 Å². The molecule has 2 aromatic carbocycles. The first-order chi connectivity index (χ1) is 18.8. The van der Waals surface area contributed by atoms with Crippen LogP contribution in [0.15, 0.2) is 53.3 Å². The maximum atomic E-state index is 12.9. The third-order valence-corrected chi connectivity index (χ3v) is 5.87. The lowest BCUT2D eigenvalue weighted by molar-refractivity contribution is -0.274. The molecule has 3 aromatic rings. The zero-order valence-electron chi connectivity index (χ0n) is 22.1. The number of anilines is 1. The number of benzene rings is 2. The smallest absolute Gasteiger partial charge is 0.505 e. The van der Waals surface area contributed by atoms with Gasteiger partial charge in [0.25, 0.3) is 5.56 Å². The van der Waals surface area contributed by atoms with Crippen LogP contribution in [0.2, 0.25) is 0 Å². The number of methoxy groups -OCH3 is 1. The van der Waals surface area contributed by atoms with E-state index in [2.05, 4.69) is 15.4 Å². The molecule has 0 aliphatic carbocycles. The van der Waals surface area contributed by atoms with Crippen LogP contribution in [-0.2, 0) is 16.6 Å². The van der Waals surface area contributed by atoms with Gasteiger partial charge in [0.05, 0.1) is 26.2 Å². The summed E-state index contributed by atoms with van der Waals surface area (Å²) in [4.78, 5) is 37.8. The molecule has 13 heteroatoms. The summed E-state index contributed by atoms with van der Waals surface area (Å²) in [6.07, 6.45) is -5.21. The Labute approximate surface area is 227 Å². The van der Waals surface area contributed by atoms with Gasteiger partial charge in [-0.3, -0.25) is 9.59 Å². The average molecular weight is 564 g/mol. The fraction of sp³-hybridized carbons (Fsp3) is 0.296. The number of amides is 2. The average Bonchev–Trinajstić information content (AvgIpc) is 2.88. The molecule has 0 fully saturated rings. The van der Waals surface area contributed by atoms with Crippen LogP contribution in [0, 0.1) is 6.92 Å². The maximum Gasteiger partial charge on any atom is 0.573 e. The van der Waals surface area contributed by atoms with Gasteiger partial charge >= 0.3 is 18.4 Å². The van der Waals surface area contributed by atoms with Gasteiger partial charge in [-0.05, 0) is 49.2 Å². The highest BCUT2D eigenvalue weighted by Gasteiger charge is 2.31. The number of nitrogens with one attached hydrogen (secondary N) is 2. The molecule has 3 rings (SSSR count). The number of aromatic nitrogens is 1. The first kappa shape index (κ1) is 29.9. The van der Waals surface area contributed by atoms with Crippen molar-refractivity contribution in [1.82, 2.24) is 9.88 Å². The van der Waals surface area contributed by atoms with Gasteiger partial charge in [-0.2, -0.15) is 0 Å². The van der Waals surface area contributed by atoms with Crippen LogP contribution in [-0.4, -0.2) is 41.8 Å². The van der Waals surface area contributed by atoms with Crippen LogP contribution in [0.1, 0.15) is 30.6 Å². The molecular weight excluding hydrogens is 535 g/mol. The van der Waals surface area contributed by atoms with Gasteiger partial charge in [0.15, 0.2) is 5.69 Å². The van der Waals surface area contributed by atoms with Crippen LogP contribution in [0.5, 0.6) is 17.2 Å².